The number of para-hydroxylation sites is 1. The lowest BCUT2D eigenvalue weighted by Gasteiger charge is -2.14. The predicted molar refractivity (Wildman–Crippen MR) is 68.3 cm³/mol. The van der Waals surface area contributed by atoms with Crippen molar-refractivity contribution in [2.45, 2.75) is 12.5 Å². The second kappa shape index (κ2) is 5.52. The number of hydrogen-bond acceptors (Lipinski definition) is 3. The van der Waals surface area contributed by atoms with Gasteiger partial charge < -0.3 is 15.5 Å². The first-order valence-electron chi connectivity index (χ1n) is 5.77. The lowest BCUT2D eigenvalue weighted by molar-refractivity contribution is -0.137. The molecule has 106 valence electrons. The largest absolute Gasteiger partial charge is 0.416 e. The lowest BCUT2D eigenvalue weighted by Crippen LogP contribution is -2.05. The van der Waals surface area contributed by atoms with Crippen LogP contribution in [0.4, 0.5) is 24.5 Å². The number of aliphatic hydroxyl groups excluding tert-OH is 1. The second-order valence-electron chi connectivity index (χ2n) is 4.16. The number of anilines is 2. The first-order valence-corrected chi connectivity index (χ1v) is 5.77. The van der Waals surface area contributed by atoms with Gasteiger partial charge in [0.15, 0.2) is 6.29 Å². The molecule has 0 aliphatic carbocycles. The normalized spacial score (nSPS) is 11.7. The number of halogens is 3. The van der Waals surface area contributed by atoms with Crippen LogP contribution in [0.2, 0.25) is 0 Å². The van der Waals surface area contributed by atoms with Crippen LogP contribution in [-0.4, -0.2) is 10.2 Å². The van der Waals surface area contributed by atoms with Crippen molar-refractivity contribution in [3.8, 4) is 0 Å². The van der Waals surface area contributed by atoms with Crippen molar-refractivity contribution < 1.29 is 23.4 Å². The fourth-order valence-corrected chi connectivity index (χ4v) is 1.73. The SMILES string of the molecule is OC(O)c1ccccc1Nc1ccc(C(F)(F)F)cc1. The maximum atomic E-state index is 12.4. The molecule has 2 aromatic rings. The molecule has 2 aromatic carbocycles. The molecule has 0 aliphatic heterocycles. The Kier molecular flexibility index (Phi) is 3.96. The van der Waals surface area contributed by atoms with E-state index in [4.69, 9.17) is 0 Å². The summed E-state index contributed by atoms with van der Waals surface area (Å²) in [4.78, 5) is 0. The van der Waals surface area contributed by atoms with Crippen molar-refractivity contribution in [3.63, 3.8) is 0 Å². The van der Waals surface area contributed by atoms with Gasteiger partial charge in [-0.3, -0.25) is 0 Å². The number of rotatable bonds is 3. The van der Waals surface area contributed by atoms with Crippen molar-refractivity contribution in [2.75, 3.05) is 5.32 Å². The van der Waals surface area contributed by atoms with Crippen LogP contribution in [0.25, 0.3) is 0 Å². The van der Waals surface area contributed by atoms with Crippen LogP contribution < -0.4 is 5.32 Å². The zero-order chi connectivity index (χ0) is 14.8. The summed E-state index contributed by atoms with van der Waals surface area (Å²) in [7, 11) is 0. The number of aliphatic hydroxyl groups is 2. The van der Waals surface area contributed by atoms with E-state index >= 15 is 0 Å². The van der Waals surface area contributed by atoms with Crippen LogP contribution in [0.1, 0.15) is 17.4 Å². The minimum Gasteiger partial charge on any atom is -0.364 e. The van der Waals surface area contributed by atoms with E-state index in [0.29, 0.717) is 11.4 Å². The van der Waals surface area contributed by atoms with Gasteiger partial charge in [-0.05, 0) is 30.3 Å². The van der Waals surface area contributed by atoms with Crippen LogP contribution in [-0.2, 0) is 6.18 Å². The molecule has 3 N–H and O–H groups in total. The molecule has 0 atom stereocenters. The van der Waals surface area contributed by atoms with Gasteiger partial charge in [0.2, 0.25) is 0 Å². The van der Waals surface area contributed by atoms with Gasteiger partial charge in [-0.1, -0.05) is 18.2 Å². The Morgan fingerprint density at radius 3 is 2.05 bits per heavy atom. The van der Waals surface area contributed by atoms with Crippen molar-refractivity contribution in [3.05, 3.63) is 59.7 Å². The third-order valence-electron chi connectivity index (χ3n) is 2.73. The smallest absolute Gasteiger partial charge is 0.364 e. The summed E-state index contributed by atoms with van der Waals surface area (Å²) in [5, 5.41) is 21.2. The molecule has 0 aromatic heterocycles. The first-order chi connectivity index (χ1) is 9.38. The van der Waals surface area contributed by atoms with Crippen molar-refractivity contribution in [2.24, 2.45) is 0 Å². The van der Waals surface area contributed by atoms with Gasteiger partial charge in [0, 0.05) is 16.9 Å². The van der Waals surface area contributed by atoms with Gasteiger partial charge in [-0.25, -0.2) is 0 Å². The molecule has 3 nitrogen and oxygen atoms in total. The summed E-state index contributed by atoms with van der Waals surface area (Å²) < 4.78 is 37.3. The number of benzene rings is 2. The zero-order valence-corrected chi connectivity index (χ0v) is 10.2. The van der Waals surface area contributed by atoms with Gasteiger partial charge in [0.25, 0.3) is 0 Å². The second-order valence-corrected chi connectivity index (χ2v) is 4.16. The van der Waals surface area contributed by atoms with Crippen molar-refractivity contribution in [1.29, 1.82) is 0 Å². The van der Waals surface area contributed by atoms with E-state index in [2.05, 4.69) is 5.32 Å². The standard InChI is InChI=1S/C14H12F3NO2/c15-14(16,17)9-5-7-10(8-6-9)18-12-4-2-1-3-11(12)13(19)20/h1-8,13,18-20H. The summed E-state index contributed by atoms with van der Waals surface area (Å²) >= 11 is 0. The molecular formula is C14H12F3NO2. The highest BCUT2D eigenvalue weighted by Crippen LogP contribution is 2.31. The van der Waals surface area contributed by atoms with E-state index < -0.39 is 18.0 Å². The molecule has 0 saturated carbocycles. The lowest BCUT2D eigenvalue weighted by atomic mass is 10.1. The van der Waals surface area contributed by atoms with Crippen LogP contribution in [0.5, 0.6) is 0 Å². The molecule has 2 rings (SSSR count). The van der Waals surface area contributed by atoms with E-state index in [1.165, 1.54) is 18.2 Å². The zero-order valence-electron chi connectivity index (χ0n) is 10.2. The molecule has 6 heteroatoms. The van der Waals surface area contributed by atoms with Crippen molar-refractivity contribution in [1.82, 2.24) is 0 Å². The van der Waals surface area contributed by atoms with E-state index in [1.54, 1.807) is 18.2 Å². The van der Waals surface area contributed by atoms with Gasteiger partial charge in [0.1, 0.15) is 0 Å². The molecule has 0 bridgehead atoms. The van der Waals surface area contributed by atoms with Crippen molar-refractivity contribution >= 4 is 11.4 Å². The van der Waals surface area contributed by atoms with E-state index in [0.717, 1.165) is 12.1 Å². The Balaban J connectivity index is 2.23. The molecular weight excluding hydrogens is 271 g/mol. The third kappa shape index (κ3) is 3.28. The minimum absolute atomic E-state index is 0.243. The molecule has 0 radical (unpaired) electrons. The van der Waals surface area contributed by atoms with E-state index in [9.17, 15) is 23.4 Å². The Bertz CT molecular complexity index is 580. The average Bonchev–Trinajstić information content (AvgIpc) is 2.38. The maximum Gasteiger partial charge on any atom is 0.416 e. The number of hydrogen-bond donors (Lipinski definition) is 3. The summed E-state index contributed by atoms with van der Waals surface area (Å²) in [5.41, 5.74) is 0.347. The third-order valence-corrected chi connectivity index (χ3v) is 2.73. The predicted octanol–water partition coefficient (Wildman–Crippen LogP) is 3.43. The van der Waals surface area contributed by atoms with Gasteiger partial charge >= 0.3 is 6.18 Å². The van der Waals surface area contributed by atoms with E-state index in [-0.39, 0.29) is 5.56 Å². The fourth-order valence-electron chi connectivity index (χ4n) is 1.73. The number of nitrogens with one attached hydrogen (secondary N) is 1. The highest BCUT2D eigenvalue weighted by atomic mass is 19.4. The fraction of sp³-hybridized carbons (Fsp3) is 0.143. The topological polar surface area (TPSA) is 52.5 Å². The quantitative estimate of drug-likeness (QED) is 0.756. The molecule has 0 heterocycles. The maximum absolute atomic E-state index is 12.4. The van der Waals surface area contributed by atoms with Crippen LogP contribution >= 0.6 is 0 Å². The minimum atomic E-state index is -4.38. The van der Waals surface area contributed by atoms with Crippen LogP contribution in [0.15, 0.2) is 48.5 Å². The molecule has 0 fully saturated rings. The average molecular weight is 283 g/mol. The summed E-state index contributed by atoms with van der Waals surface area (Å²) in [6, 6.07) is 10.9. The number of alkyl halides is 3. The van der Waals surface area contributed by atoms with Gasteiger partial charge in [0.05, 0.1) is 5.56 Å². The molecule has 0 aliphatic rings. The molecule has 0 spiro atoms. The van der Waals surface area contributed by atoms with Crippen LogP contribution in [0.3, 0.4) is 0 Å². The van der Waals surface area contributed by atoms with Gasteiger partial charge in [-0.2, -0.15) is 13.2 Å². The molecule has 0 unspecified atom stereocenters. The monoisotopic (exact) mass is 283 g/mol. The Morgan fingerprint density at radius 1 is 0.900 bits per heavy atom. The Morgan fingerprint density at radius 2 is 1.50 bits per heavy atom. The highest BCUT2D eigenvalue weighted by Gasteiger charge is 2.29. The van der Waals surface area contributed by atoms with E-state index in [1.807, 2.05) is 0 Å². The molecule has 0 saturated heterocycles. The Hall–Kier alpha value is -2.05. The summed E-state index contributed by atoms with van der Waals surface area (Å²) in [6.07, 6.45) is -6.04. The van der Waals surface area contributed by atoms with Gasteiger partial charge in [-0.15, -0.1) is 0 Å². The molecule has 20 heavy (non-hydrogen) atoms. The summed E-state index contributed by atoms with van der Waals surface area (Å²) in [5.74, 6) is 0. The first kappa shape index (κ1) is 14.4. The molecule has 0 amide bonds. The highest BCUT2D eigenvalue weighted by molar-refractivity contribution is 5.63. The Labute approximate surface area is 113 Å². The summed E-state index contributed by atoms with van der Waals surface area (Å²) in [6.45, 7) is 0. The van der Waals surface area contributed by atoms with Crippen LogP contribution in [0, 0.1) is 0 Å².